The van der Waals surface area contributed by atoms with Gasteiger partial charge in [-0.15, -0.1) is 11.3 Å². The summed E-state index contributed by atoms with van der Waals surface area (Å²) in [6.45, 7) is -0.0818. The number of nitrogens with zero attached hydrogens (tertiary/aromatic N) is 2. The van der Waals surface area contributed by atoms with Gasteiger partial charge in [0.05, 0.1) is 23.7 Å². The number of para-hydroxylation sites is 1. The number of thiazole rings is 1. The summed E-state index contributed by atoms with van der Waals surface area (Å²) in [6, 6.07) is 14.8. The molecule has 0 aliphatic carbocycles. The van der Waals surface area contributed by atoms with E-state index in [-0.39, 0.29) is 13.0 Å². The van der Waals surface area contributed by atoms with Gasteiger partial charge in [0.2, 0.25) is 0 Å². The molecular formula is C20H16N2O4S. The van der Waals surface area contributed by atoms with Crippen LogP contribution in [0, 0.1) is 11.3 Å². The normalized spacial score (nSPS) is 11.2. The van der Waals surface area contributed by atoms with Crippen LogP contribution >= 0.6 is 11.3 Å². The third-order valence-corrected chi connectivity index (χ3v) is 4.84. The zero-order valence-electron chi connectivity index (χ0n) is 14.5. The van der Waals surface area contributed by atoms with Gasteiger partial charge in [-0.05, 0) is 41.5 Å². The number of carboxylic acid groups (broad SMARTS) is 1. The van der Waals surface area contributed by atoms with E-state index in [1.807, 2.05) is 30.3 Å². The molecule has 0 atom stereocenters. The molecule has 0 saturated carbocycles. The van der Waals surface area contributed by atoms with Crippen LogP contribution in [0.4, 0.5) is 0 Å². The Bertz CT molecular complexity index is 1020. The lowest BCUT2D eigenvalue weighted by molar-refractivity contribution is -0.135. The van der Waals surface area contributed by atoms with Gasteiger partial charge in [-0.25, -0.2) is 4.98 Å². The molecule has 136 valence electrons. The van der Waals surface area contributed by atoms with Crippen LogP contribution in [-0.4, -0.2) is 29.8 Å². The van der Waals surface area contributed by atoms with E-state index in [2.05, 4.69) is 4.98 Å². The van der Waals surface area contributed by atoms with Crippen LogP contribution in [0.3, 0.4) is 0 Å². The van der Waals surface area contributed by atoms with Crippen LogP contribution in [0.1, 0.15) is 17.0 Å². The van der Waals surface area contributed by atoms with Crippen LogP contribution in [0.15, 0.2) is 42.5 Å². The second-order valence-corrected chi connectivity index (χ2v) is 6.61. The van der Waals surface area contributed by atoms with Crippen LogP contribution in [-0.2, 0) is 4.79 Å². The topological polar surface area (TPSA) is 92.4 Å². The van der Waals surface area contributed by atoms with Gasteiger partial charge in [0, 0.05) is 0 Å². The Hall–Kier alpha value is -3.37. The third-order valence-electron chi connectivity index (χ3n) is 3.73. The molecule has 1 heterocycles. The van der Waals surface area contributed by atoms with Gasteiger partial charge >= 0.3 is 5.97 Å². The Morgan fingerprint density at radius 1 is 1.30 bits per heavy atom. The number of hydrogen-bond acceptors (Lipinski definition) is 6. The van der Waals surface area contributed by atoms with Crippen LogP contribution < -0.4 is 9.47 Å². The number of rotatable bonds is 7. The second kappa shape index (κ2) is 8.34. The van der Waals surface area contributed by atoms with Gasteiger partial charge in [-0.2, -0.15) is 5.26 Å². The minimum absolute atomic E-state index is 0.0818. The summed E-state index contributed by atoms with van der Waals surface area (Å²) >= 11 is 1.46. The van der Waals surface area contributed by atoms with E-state index >= 15 is 0 Å². The quantitative estimate of drug-likeness (QED) is 0.660. The lowest BCUT2D eigenvalue weighted by atomic mass is 10.1. The third kappa shape index (κ3) is 4.43. The summed E-state index contributed by atoms with van der Waals surface area (Å²) in [5, 5.41) is 18.6. The number of carbonyl (C=O) groups is 1. The molecule has 0 bridgehead atoms. The fourth-order valence-electron chi connectivity index (χ4n) is 2.57. The molecule has 2 aromatic carbocycles. The predicted molar refractivity (Wildman–Crippen MR) is 104 cm³/mol. The summed E-state index contributed by atoms with van der Waals surface area (Å²) in [5.41, 5.74) is 2.20. The SMILES string of the molecule is COc1cc(/C=C(/CC(=O)O)c2nc3ccccc3s2)ccc1OCC#N. The van der Waals surface area contributed by atoms with Gasteiger partial charge in [0.15, 0.2) is 18.1 Å². The number of benzene rings is 2. The molecule has 3 aromatic rings. The van der Waals surface area contributed by atoms with Gasteiger partial charge < -0.3 is 14.6 Å². The van der Waals surface area contributed by atoms with Crippen molar-refractivity contribution in [3.8, 4) is 17.6 Å². The van der Waals surface area contributed by atoms with E-state index in [1.165, 1.54) is 18.4 Å². The Kier molecular flexibility index (Phi) is 5.69. The maximum Gasteiger partial charge on any atom is 0.307 e. The van der Waals surface area contributed by atoms with Crippen molar-refractivity contribution in [2.24, 2.45) is 0 Å². The molecule has 6 nitrogen and oxygen atoms in total. The monoisotopic (exact) mass is 380 g/mol. The molecule has 0 aliphatic heterocycles. The summed E-state index contributed by atoms with van der Waals surface area (Å²) in [7, 11) is 1.51. The summed E-state index contributed by atoms with van der Waals surface area (Å²) in [6.07, 6.45) is 1.64. The van der Waals surface area contributed by atoms with Gasteiger partial charge in [-0.1, -0.05) is 18.2 Å². The molecular weight excluding hydrogens is 364 g/mol. The average Bonchev–Trinajstić information content (AvgIpc) is 3.10. The van der Waals surface area contributed by atoms with E-state index in [0.29, 0.717) is 22.1 Å². The van der Waals surface area contributed by atoms with E-state index in [0.717, 1.165) is 15.8 Å². The van der Waals surface area contributed by atoms with Crippen molar-refractivity contribution in [3.63, 3.8) is 0 Å². The van der Waals surface area contributed by atoms with E-state index in [4.69, 9.17) is 14.7 Å². The molecule has 1 aromatic heterocycles. The first-order valence-corrected chi connectivity index (χ1v) is 8.88. The summed E-state index contributed by atoms with van der Waals surface area (Å²) in [4.78, 5) is 15.9. The highest BCUT2D eigenvalue weighted by Gasteiger charge is 2.13. The molecule has 0 spiro atoms. The Morgan fingerprint density at radius 3 is 2.81 bits per heavy atom. The molecule has 0 fully saturated rings. The highest BCUT2D eigenvalue weighted by molar-refractivity contribution is 7.19. The lowest BCUT2D eigenvalue weighted by Crippen LogP contribution is -1.98. The standard InChI is InChI=1S/C20H16N2O4S/c1-25-17-11-13(6-7-16(17)26-9-8-21)10-14(12-19(23)24)20-22-15-4-2-3-5-18(15)27-20/h2-7,10-11H,9,12H2,1H3,(H,23,24)/b14-10-. The lowest BCUT2D eigenvalue weighted by Gasteiger charge is -2.09. The minimum atomic E-state index is -0.929. The van der Waals surface area contributed by atoms with Crippen LogP contribution in [0.2, 0.25) is 0 Å². The molecule has 7 heteroatoms. The smallest absolute Gasteiger partial charge is 0.307 e. The number of methoxy groups -OCH3 is 1. The van der Waals surface area contributed by atoms with Gasteiger partial charge in [0.25, 0.3) is 0 Å². The largest absolute Gasteiger partial charge is 0.493 e. The molecule has 0 amide bonds. The molecule has 1 N–H and O–H groups in total. The maximum absolute atomic E-state index is 11.3. The molecule has 27 heavy (non-hydrogen) atoms. The predicted octanol–water partition coefficient (Wildman–Crippen LogP) is 4.22. The summed E-state index contributed by atoms with van der Waals surface area (Å²) < 4.78 is 11.6. The molecule has 0 radical (unpaired) electrons. The van der Waals surface area contributed by atoms with Crippen molar-refractivity contribution in [1.82, 2.24) is 4.98 Å². The van der Waals surface area contributed by atoms with E-state index in [9.17, 15) is 9.90 Å². The van der Waals surface area contributed by atoms with Crippen LogP contribution in [0.5, 0.6) is 11.5 Å². The first kappa shape index (κ1) is 18.4. The number of hydrogen-bond donors (Lipinski definition) is 1. The first-order chi connectivity index (χ1) is 13.1. The highest BCUT2D eigenvalue weighted by atomic mass is 32.1. The number of ether oxygens (including phenoxy) is 2. The number of aliphatic carboxylic acids is 1. The molecule has 3 rings (SSSR count). The van der Waals surface area contributed by atoms with Gasteiger partial charge in [0.1, 0.15) is 11.1 Å². The van der Waals surface area contributed by atoms with Crippen molar-refractivity contribution in [1.29, 1.82) is 5.26 Å². The maximum atomic E-state index is 11.3. The minimum Gasteiger partial charge on any atom is -0.493 e. The Balaban J connectivity index is 2.00. The number of aromatic nitrogens is 1. The number of nitriles is 1. The zero-order valence-corrected chi connectivity index (χ0v) is 15.3. The van der Waals surface area contributed by atoms with Crippen LogP contribution in [0.25, 0.3) is 21.9 Å². The number of fused-ring (bicyclic) bond motifs is 1. The van der Waals surface area contributed by atoms with Crippen molar-refractivity contribution in [2.45, 2.75) is 6.42 Å². The Morgan fingerprint density at radius 2 is 2.11 bits per heavy atom. The zero-order chi connectivity index (χ0) is 19.2. The second-order valence-electron chi connectivity index (χ2n) is 5.58. The fraction of sp³-hybridized carbons (Fsp3) is 0.150. The van der Waals surface area contributed by atoms with Crippen molar-refractivity contribution < 1.29 is 19.4 Å². The molecule has 0 saturated heterocycles. The first-order valence-electron chi connectivity index (χ1n) is 8.07. The van der Waals surface area contributed by atoms with Crippen molar-refractivity contribution in [3.05, 3.63) is 53.0 Å². The number of carboxylic acids is 1. The average molecular weight is 380 g/mol. The van der Waals surface area contributed by atoms with Crippen molar-refractivity contribution in [2.75, 3.05) is 13.7 Å². The fourth-order valence-corrected chi connectivity index (χ4v) is 3.54. The van der Waals surface area contributed by atoms with Crippen molar-refractivity contribution >= 4 is 39.2 Å². The summed E-state index contributed by atoms with van der Waals surface area (Å²) in [5.74, 6) is -0.00427. The highest BCUT2D eigenvalue weighted by Crippen LogP contribution is 2.33. The molecule has 0 aliphatic rings. The van der Waals surface area contributed by atoms with E-state index in [1.54, 1.807) is 24.3 Å². The molecule has 0 unspecified atom stereocenters. The van der Waals surface area contributed by atoms with Gasteiger partial charge in [-0.3, -0.25) is 4.79 Å². The van der Waals surface area contributed by atoms with E-state index < -0.39 is 5.97 Å². The Labute approximate surface area is 159 Å².